The zero-order valence-electron chi connectivity index (χ0n) is 14.9. The van der Waals surface area contributed by atoms with Gasteiger partial charge < -0.3 is 20.1 Å². The summed E-state index contributed by atoms with van der Waals surface area (Å²) in [7, 11) is 0. The molecule has 3 aliphatic rings. The molecule has 1 aliphatic heterocycles. The molecular weight excluding hydrogens is 332 g/mol. The second-order valence-corrected chi connectivity index (χ2v) is 8.72. The number of phenolic OH excluding ortho intramolecular Hbond substituents is 2. The molecule has 0 spiro atoms. The van der Waals surface area contributed by atoms with Gasteiger partial charge in [-0.2, -0.15) is 0 Å². The normalized spacial score (nSPS) is 38.3. The van der Waals surface area contributed by atoms with Crippen LogP contribution in [0.4, 0.5) is 0 Å². The van der Waals surface area contributed by atoms with E-state index >= 15 is 0 Å². The lowest BCUT2D eigenvalue weighted by Crippen LogP contribution is -2.61. The van der Waals surface area contributed by atoms with E-state index in [-0.39, 0.29) is 22.8 Å². The summed E-state index contributed by atoms with van der Waals surface area (Å²) in [6.07, 6.45) is 2.74. The second-order valence-electron chi connectivity index (χ2n) is 8.72. The van der Waals surface area contributed by atoms with Crippen LogP contribution in [0.25, 0.3) is 10.8 Å². The lowest BCUT2D eigenvalue weighted by molar-refractivity contribution is -0.176. The smallest absolute Gasteiger partial charge is 0.235 e. The Morgan fingerprint density at radius 3 is 2.42 bits per heavy atom. The van der Waals surface area contributed by atoms with Gasteiger partial charge in [-0.1, -0.05) is 20.3 Å². The molecule has 2 aromatic rings. The Bertz CT molecular complexity index is 982. The quantitative estimate of drug-likeness (QED) is 0.632. The summed E-state index contributed by atoms with van der Waals surface area (Å²) in [5.41, 5.74) is 0.520. The minimum atomic E-state index is -1.82. The number of benzene rings is 2. The summed E-state index contributed by atoms with van der Waals surface area (Å²) in [6.45, 7) is 4.54. The van der Waals surface area contributed by atoms with Crippen molar-refractivity contribution in [1.82, 2.24) is 0 Å². The Morgan fingerprint density at radius 2 is 1.73 bits per heavy atom. The van der Waals surface area contributed by atoms with Gasteiger partial charge in [-0.05, 0) is 42.7 Å². The standard InChI is InChI=1S/C21H22O5/c1-19-6-3-7-20(2)14-9-12-11(15(22)4-5-16(12)23)8-13(14)17(24)21(25,18(19)20)26-10-19/h4-5,8-9,18,22-23,25H,3,6-7,10H2,1-2H3. The number of carbonyl (C=O) groups excluding carboxylic acids is 1. The average molecular weight is 354 g/mol. The molecule has 2 fully saturated rings. The fourth-order valence-corrected chi connectivity index (χ4v) is 6.04. The first kappa shape index (κ1) is 16.1. The van der Waals surface area contributed by atoms with Gasteiger partial charge in [0.1, 0.15) is 11.5 Å². The second kappa shape index (κ2) is 4.59. The van der Waals surface area contributed by atoms with Crippen LogP contribution in [-0.4, -0.2) is 33.5 Å². The summed E-state index contributed by atoms with van der Waals surface area (Å²) in [6, 6.07) is 6.27. The molecule has 0 bridgehead atoms. The van der Waals surface area contributed by atoms with Gasteiger partial charge in [0, 0.05) is 33.1 Å². The van der Waals surface area contributed by atoms with Crippen LogP contribution in [-0.2, 0) is 10.2 Å². The summed E-state index contributed by atoms with van der Waals surface area (Å²) in [4.78, 5) is 13.3. The zero-order chi connectivity index (χ0) is 18.5. The maximum atomic E-state index is 13.3. The summed E-state index contributed by atoms with van der Waals surface area (Å²) >= 11 is 0. The monoisotopic (exact) mass is 354 g/mol. The van der Waals surface area contributed by atoms with Gasteiger partial charge in [0.2, 0.25) is 11.6 Å². The van der Waals surface area contributed by atoms with Crippen molar-refractivity contribution >= 4 is 16.6 Å². The van der Waals surface area contributed by atoms with Crippen LogP contribution in [0.5, 0.6) is 11.5 Å². The van der Waals surface area contributed by atoms with Gasteiger partial charge in [0.25, 0.3) is 0 Å². The van der Waals surface area contributed by atoms with Crippen molar-refractivity contribution in [2.75, 3.05) is 6.61 Å². The maximum absolute atomic E-state index is 13.3. The number of fused-ring (bicyclic) bond motifs is 3. The molecule has 0 aromatic heterocycles. The highest BCUT2D eigenvalue weighted by Crippen LogP contribution is 2.64. The fourth-order valence-electron chi connectivity index (χ4n) is 6.04. The van der Waals surface area contributed by atoms with Gasteiger partial charge >= 0.3 is 0 Å². The van der Waals surface area contributed by atoms with E-state index in [2.05, 4.69) is 13.8 Å². The van der Waals surface area contributed by atoms with Crippen molar-refractivity contribution in [3.8, 4) is 11.5 Å². The zero-order valence-corrected chi connectivity index (χ0v) is 14.9. The fraction of sp³-hybridized carbons (Fsp3) is 0.476. The molecule has 0 amide bonds. The number of aromatic hydroxyl groups is 2. The predicted octanol–water partition coefficient (Wildman–Crippen LogP) is 3.23. The molecular formula is C21H22O5. The van der Waals surface area contributed by atoms with E-state index < -0.39 is 17.0 Å². The minimum absolute atomic E-state index is 0.00603. The number of hydrogen-bond donors (Lipinski definition) is 3. The van der Waals surface area contributed by atoms with Crippen molar-refractivity contribution in [3.05, 3.63) is 35.4 Å². The molecule has 26 heavy (non-hydrogen) atoms. The Hall–Kier alpha value is -2.11. The molecule has 4 unspecified atom stereocenters. The summed E-state index contributed by atoms with van der Waals surface area (Å²) in [5, 5.41) is 32.7. The number of carbonyl (C=O) groups is 1. The summed E-state index contributed by atoms with van der Waals surface area (Å²) < 4.78 is 5.76. The first-order chi connectivity index (χ1) is 12.2. The van der Waals surface area contributed by atoms with E-state index in [4.69, 9.17) is 4.74 Å². The third-order valence-corrected chi connectivity index (χ3v) is 7.09. The molecule has 5 heteroatoms. The van der Waals surface area contributed by atoms with Crippen LogP contribution in [0.2, 0.25) is 0 Å². The molecule has 2 aromatic carbocycles. The third-order valence-electron chi connectivity index (χ3n) is 7.09. The Labute approximate surface area is 151 Å². The van der Waals surface area contributed by atoms with Gasteiger partial charge in [-0.25, -0.2) is 0 Å². The highest BCUT2D eigenvalue weighted by molar-refractivity contribution is 6.09. The molecule has 136 valence electrons. The van der Waals surface area contributed by atoms with Crippen molar-refractivity contribution in [3.63, 3.8) is 0 Å². The van der Waals surface area contributed by atoms with E-state index in [9.17, 15) is 20.1 Å². The van der Waals surface area contributed by atoms with Crippen molar-refractivity contribution in [1.29, 1.82) is 0 Å². The molecule has 5 nitrogen and oxygen atoms in total. The van der Waals surface area contributed by atoms with Crippen molar-refractivity contribution in [2.24, 2.45) is 11.3 Å². The molecule has 5 rings (SSSR count). The number of rotatable bonds is 0. The van der Waals surface area contributed by atoms with E-state index in [1.54, 1.807) is 6.07 Å². The average Bonchev–Trinajstić information content (AvgIpc) is 2.90. The van der Waals surface area contributed by atoms with Gasteiger partial charge in [0.05, 0.1) is 6.61 Å². The number of ether oxygens (including phenoxy) is 1. The lowest BCUT2D eigenvalue weighted by Gasteiger charge is -2.54. The Kier molecular flexibility index (Phi) is 2.84. The highest BCUT2D eigenvalue weighted by atomic mass is 16.6. The van der Waals surface area contributed by atoms with Crippen LogP contribution >= 0.6 is 0 Å². The number of ketones is 1. The molecule has 4 atom stereocenters. The minimum Gasteiger partial charge on any atom is -0.507 e. The topological polar surface area (TPSA) is 87.0 Å². The van der Waals surface area contributed by atoms with Crippen LogP contribution in [0.3, 0.4) is 0 Å². The summed E-state index contributed by atoms with van der Waals surface area (Å²) in [5.74, 6) is -2.53. The van der Waals surface area contributed by atoms with Crippen LogP contribution in [0.1, 0.15) is 49.0 Å². The first-order valence-electron chi connectivity index (χ1n) is 9.11. The SMILES string of the molecule is CC12CCCC3(C)c4cc5c(O)ccc(O)c5cc4C(=O)C(O)(OC1)C23. The number of phenols is 2. The van der Waals surface area contributed by atoms with Crippen LogP contribution in [0.15, 0.2) is 24.3 Å². The lowest BCUT2D eigenvalue weighted by atomic mass is 9.49. The Balaban J connectivity index is 1.88. The molecule has 0 radical (unpaired) electrons. The van der Waals surface area contributed by atoms with Crippen LogP contribution in [0, 0.1) is 11.3 Å². The molecule has 3 N–H and O–H groups in total. The molecule has 1 saturated carbocycles. The highest BCUT2D eigenvalue weighted by Gasteiger charge is 2.69. The number of hydrogen-bond acceptors (Lipinski definition) is 5. The van der Waals surface area contributed by atoms with Crippen molar-refractivity contribution in [2.45, 2.75) is 44.3 Å². The first-order valence-corrected chi connectivity index (χ1v) is 9.11. The maximum Gasteiger partial charge on any atom is 0.235 e. The van der Waals surface area contributed by atoms with Gasteiger partial charge in [-0.3, -0.25) is 4.79 Å². The van der Waals surface area contributed by atoms with Gasteiger partial charge in [0.15, 0.2) is 0 Å². The third kappa shape index (κ3) is 1.66. The van der Waals surface area contributed by atoms with E-state index in [0.29, 0.717) is 22.9 Å². The molecule has 1 heterocycles. The predicted molar refractivity (Wildman–Crippen MR) is 95.3 cm³/mol. The van der Waals surface area contributed by atoms with E-state index in [1.165, 1.54) is 12.1 Å². The largest absolute Gasteiger partial charge is 0.507 e. The van der Waals surface area contributed by atoms with E-state index in [0.717, 1.165) is 24.8 Å². The van der Waals surface area contributed by atoms with Crippen LogP contribution < -0.4 is 0 Å². The number of aliphatic hydroxyl groups is 1. The Morgan fingerprint density at radius 1 is 1.08 bits per heavy atom. The number of Topliss-reactive ketones (excluding diaryl/α,β-unsaturated/α-hetero) is 1. The van der Waals surface area contributed by atoms with E-state index in [1.807, 2.05) is 6.07 Å². The molecule has 2 aliphatic carbocycles. The van der Waals surface area contributed by atoms with Gasteiger partial charge in [-0.15, -0.1) is 0 Å². The van der Waals surface area contributed by atoms with Crippen molar-refractivity contribution < 1.29 is 24.9 Å². The molecule has 1 saturated heterocycles.